The first-order valence-corrected chi connectivity index (χ1v) is 15.4. The van der Waals surface area contributed by atoms with Crippen molar-refractivity contribution in [3.63, 3.8) is 0 Å². The Kier molecular flexibility index (Phi) is 7.40. The van der Waals surface area contributed by atoms with Crippen LogP contribution in [-0.2, 0) is 9.16 Å². The molecule has 144 valence electrons. The molecule has 0 aromatic heterocycles. The quantitative estimate of drug-likeness (QED) is 0.434. The molecule has 1 rings (SSSR count). The molecule has 0 N–H and O–H groups in total. The van der Waals surface area contributed by atoms with Gasteiger partial charge in [-0.25, -0.2) is 0 Å². The first kappa shape index (κ1) is 22.4. The van der Waals surface area contributed by atoms with Gasteiger partial charge in [0.05, 0.1) is 26.9 Å². The van der Waals surface area contributed by atoms with Gasteiger partial charge in [-0.05, 0) is 24.2 Å². The molecule has 0 aromatic carbocycles. The molecule has 1 fully saturated rings. The van der Waals surface area contributed by atoms with Crippen molar-refractivity contribution < 1.29 is 9.16 Å². The number of ether oxygens (including phenoxy) is 1. The molecule has 0 aromatic rings. The summed E-state index contributed by atoms with van der Waals surface area (Å²) in [6.45, 7) is 27.1. The van der Waals surface area contributed by atoms with Crippen LogP contribution in [0.3, 0.4) is 0 Å². The van der Waals surface area contributed by atoms with Crippen LogP contribution in [0.2, 0.25) is 40.8 Å². The zero-order valence-electron chi connectivity index (χ0n) is 18.3. The molecule has 0 radical (unpaired) electrons. The van der Waals surface area contributed by atoms with Crippen LogP contribution in [-0.4, -0.2) is 35.2 Å². The molecule has 1 aliphatic heterocycles. The van der Waals surface area contributed by atoms with Crippen molar-refractivity contribution in [1.82, 2.24) is 0 Å². The van der Waals surface area contributed by atoms with E-state index < -0.39 is 16.4 Å². The molecule has 0 bridgehead atoms. The van der Waals surface area contributed by atoms with E-state index in [0.717, 1.165) is 23.2 Å². The zero-order chi connectivity index (χ0) is 18.9. The Bertz CT molecular complexity index is 369. The van der Waals surface area contributed by atoms with Crippen molar-refractivity contribution in [1.29, 1.82) is 0 Å². The summed E-state index contributed by atoms with van der Waals surface area (Å²) >= 11 is 0. The summed E-state index contributed by atoms with van der Waals surface area (Å²) in [6.07, 6.45) is 2.02. The van der Waals surface area contributed by atoms with E-state index in [0.29, 0.717) is 12.2 Å². The lowest BCUT2D eigenvalue weighted by Crippen LogP contribution is -2.53. The van der Waals surface area contributed by atoms with E-state index in [1.54, 1.807) is 0 Å². The molecule has 4 heteroatoms. The Labute approximate surface area is 154 Å². The summed E-state index contributed by atoms with van der Waals surface area (Å²) in [4.78, 5) is 0. The van der Waals surface area contributed by atoms with Crippen LogP contribution in [0.5, 0.6) is 0 Å². The van der Waals surface area contributed by atoms with E-state index >= 15 is 0 Å². The molecule has 0 spiro atoms. The van der Waals surface area contributed by atoms with E-state index in [4.69, 9.17) is 9.16 Å². The fourth-order valence-electron chi connectivity index (χ4n) is 4.41. The van der Waals surface area contributed by atoms with E-state index in [1.807, 2.05) is 0 Å². The van der Waals surface area contributed by atoms with Crippen LogP contribution in [0.4, 0.5) is 0 Å². The highest BCUT2D eigenvalue weighted by Crippen LogP contribution is 2.47. The maximum Gasteiger partial charge on any atom is 0.192 e. The molecule has 24 heavy (non-hydrogen) atoms. The maximum absolute atomic E-state index is 6.34. The Hall–Kier alpha value is 0.354. The second-order valence-electron chi connectivity index (χ2n) is 10.5. The first-order chi connectivity index (χ1) is 10.7. The first-order valence-electron chi connectivity index (χ1n) is 10.0. The molecular formula is C20H44O2Si2. The molecule has 0 amide bonds. The van der Waals surface area contributed by atoms with Gasteiger partial charge in [0.15, 0.2) is 8.32 Å². The van der Waals surface area contributed by atoms with Gasteiger partial charge in [-0.1, -0.05) is 78.9 Å². The summed E-state index contributed by atoms with van der Waals surface area (Å²) in [6, 6.07) is 1.33. The van der Waals surface area contributed by atoms with E-state index in [9.17, 15) is 0 Å². The Morgan fingerprint density at radius 2 is 1.33 bits per heavy atom. The summed E-state index contributed by atoms with van der Waals surface area (Å²) in [7, 11) is -2.98. The van der Waals surface area contributed by atoms with Gasteiger partial charge in [-0.2, -0.15) is 0 Å². The third-order valence-corrected chi connectivity index (χ3v) is 19.3. The monoisotopic (exact) mass is 372 g/mol. The van der Waals surface area contributed by atoms with Gasteiger partial charge in [0, 0.05) is 6.42 Å². The SMILES string of the molecule is CC(C)[Si](C[C@H]1C[C@@H](CO[Si](C)(C)C(C)(C)C)O1)(C(C)C)C(C)C. The minimum absolute atomic E-state index is 0.283. The lowest BCUT2D eigenvalue weighted by Gasteiger charge is -2.49. The van der Waals surface area contributed by atoms with Crippen LogP contribution < -0.4 is 0 Å². The normalized spacial score (nSPS) is 23.2. The third kappa shape index (κ3) is 4.74. The Morgan fingerprint density at radius 1 is 0.917 bits per heavy atom. The lowest BCUT2D eigenvalue weighted by atomic mass is 10.1. The smallest absolute Gasteiger partial charge is 0.192 e. The molecule has 1 saturated heterocycles. The predicted octanol–water partition coefficient (Wildman–Crippen LogP) is 6.84. The molecule has 1 heterocycles. The van der Waals surface area contributed by atoms with Crippen LogP contribution in [0.15, 0.2) is 0 Å². The molecule has 0 saturated carbocycles. The van der Waals surface area contributed by atoms with Crippen LogP contribution in [0.25, 0.3) is 0 Å². The van der Waals surface area contributed by atoms with Crippen LogP contribution in [0, 0.1) is 0 Å². The number of hydrogen-bond donors (Lipinski definition) is 0. The Morgan fingerprint density at radius 3 is 1.67 bits per heavy atom. The topological polar surface area (TPSA) is 18.5 Å². The number of hydrogen-bond acceptors (Lipinski definition) is 2. The molecule has 2 nitrogen and oxygen atoms in total. The highest BCUT2D eigenvalue weighted by atomic mass is 28.4. The lowest BCUT2D eigenvalue weighted by molar-refractivity contribution is -0.131. The van der Waals surface area contributed by atoms with Gasteiger partial charge < -0.3 is 9.16 Å². The minimum atomic E-state index is -1.64. The van der Waals surface area contributed by atoms with E-state index in [-0.39, 0.29) is 5.04 Å². The van der Waals surface area contributed by atoms with Crippen molar-refractivity contribution in [2.45, 2.75) is 122 Å². The average Bonchev–Trinajstić information content (AvgIpc) is 2.33. The average molecular weight is 373 g/mol. The minimum Gasteiger partial charge on any atom is -0.414 e. The van der Waals surface area contributed by atoms with Gasteiger partial charge in [0.2, 0.25) is 0 Å². The van der Waals surface area contributed by atoms with Gasteiger partial charge in [-0.3, -0.25) is 0 Å². The summed E-state index contributed by atoms with van der Waals surface area (Å²) in [5, 5.41) is 0.283. The summed E-state index contributed by atoms with van der Waals surface area (Å²) < 4.78 is 12.6. The zero-order valence-corrected chi connectivity index (χ0v) is 20.3. The van der Waals surface area contributed by atoms with Gasteiger partial charge >= 0.3 is 0 Å². The van der Waals surface area contributed by atoms with Crippen LogP contribution >= 0.6 is 0 Å². The van der Waals surface area contributed by atoms with Gasteiger partial charge in [0.25, 0.3) is 0 Å². The standard InChI is InChI=1S/C20H44O2Si2/c1-15(2)24(16(3)4,17(5)6)14-19-12-18(22-19)13-21-23(10,11)20(7,8)9/h15-19H,12-14H2,1-11H3/t18-,19+/m0/s1. The van der Waals surface area contributed by atoms with Gasteiger partial charge in [-0.15, -0.1) is 0 Å². The molecule has 0 unspecified atom stereocenters. The second-order valence-corrected chi connectivity index (χ2v) is 21.4. The van der Waals surface area contributed by atoms with Crippen molar-refractivity contribution in [2.24, 2.45) is 0 Å². The summed E-state index contributed by atoms with van der Waals surface area (Å²) in [5.74, 6) is 0. The Balaban J connectivity index is 2.56. The number of rotatable bonds is 8. The largest absolute Gasteiger partial charge is 0.414 e. The molecule has 1 aliphatic rings. The second kappa shape index (κ2) is 7.93. The van der Waals surface area contributed by atoms with Crippen molar-refractivity contribution in [2.75, 3.05) is 6.61 Å². The molecule has 2 atom stereocenters. The fraction of sp³-hybridized carbons (Fsp3) is 1.00. The fourth-order valence-corrected chi connectivity index (χ4v) is 11.9. The summed E-state index contributed by atoms with van der Waals surface area (Å²) in [5.41, 5.74) is 2.47. The third-order valence-electron chi connectivity index (χ3n) is 7.15. The molecular weight excluding hydrogens is 328 g/mol. The predicted molar refractivity (Wildman–Crippen MR) is 112 cm³/mol. The van der Waals surface area contributed by atoms with E-state index in [2.05, 4.69) is 75.4 Å². The van der Waals surface area contributed by atoms with Crippen molar-refractivity contribution in [3.8, 4) is 0 Å². The maximum atomic E-state index is 6.34. The van der Waals surface area contributed by atoms with Crippen molar-refractivity contribution in [3.05, 3.63) is 0 Å². The molecule has 0 aliphatic carbocycles. The van der Waals surface area contributed by atoms with Crippen LogP contribution in [0.1, 0.15) is 68.7 Å². The highest BCUT2D eigenvalue weighted by molar-refractivity contribution is 6.83. The highest BCUT2D eigenvalue weighted by Gasteiger charge is 2.47. The van der Waals surface area contributed by atoms with Gasteiger partial charge in [0.1, 0.15) is 0 Å². The van der Waals surface area contributed by atoms with Crippen molar-refractivity contribution >= 4 is 16.4 Å². The van der Waals surface area contributed by atoms with E-state index in [1.165, 1.54) is 12.5 Å².